The fourth-order valence-electron chi connectivity index (χ4n) is 5.01. The molecule has 1 aliphatic rings. The van der Waals surface area contributed by atoms with Gasteiger partial charge in [0.25, 0.3) is 11.8 Å². The van der Waals surface area contributed by atoms with E-state index in [2.05, 4.69) is 15.0 Å². The number of carbonyl (C=O) groups is 2. The number of aliphatic imine (C=N–C) groups is 1. The standard InChI is InChI=1S/C32H25F5N4O3/c33-29(34)44-24-14-11-20(12-15-24)18-39-27(42)25-17-21(13-16-26(25)32(35,36)37)19-41-28(43)31(40-30(41)38,22-7-3-1-4-8-22)23-9-5-2-6-10-23/h1-17,29H,18-19H2,(H2,38,40)(H,39,42). The second-order valence-corrected chi connectivity index (χ2v) is 9.89. The van der Waals surface area contributed by atoms with Crippen molar-refractivity contribution in [2.75, 3.05) is 0 Å². The highest BCUT2D eigenvalue weighted by molar-refractivity contribution is 6.09. The molecule has 4 aromatic rings. The van der Waals surface area contributed by atoms with E-state index in [0.29, 0.717) is 16.7 Å². The van der Waals surface area contributed by atoms with Crippen molar-refractivity contribution in [2.24, 2.45) is 10.7 Å². The van der Waals surface area contributed by atoms with E-state index in [0.717, 1.165) is 12.1 Å². The highest BCUT2D eigenvalue weighted by atomic mass is 19.4. The van der Waals surface area contributed by atoms with Crippen molar-refractivity contribution < 1.29 is 36.3 Å². The average Bonchev–Trinajstić information content (AvgIpc) is 3.26. The Labute approximate surface area is 248 Å². The fraction of sp³-hybridized carbons (Fsp3) is 0.156. The molecule has 5 rings (SSSR count). The number of hydrogen-bond donors (Lipinski definition) is 2. The van der Waals surface area contributed by atoms with Crippen LogP contribution in [0.5, 0.6) is 5.75 Å². The molecule has 0 spiro atoms. The van der Waals surface area contributed by atoms with E-state index in [9.17, 15) is 31.5 Å². The lowest BCUT2D eigenvalue weighted by molar-refractivity contribution is -0.138. The van der Waals surface area contributed by atoms with Gasteiger partial charge in [0.05, 0.1) is 17.7 Å². The number of nitrogens with one attached hydrogen (secondary N) is 1. The summed E-state index contributed by atoms with van der Waals surface area (Å²) in [6, 6.07) is 25.9. The van der Waals surface area contributed by atoms with Gasteiger partial charge in [-0.05, 0) is 46.5 Å². The van der Waals surface area contributed by atoms with E-state index in [1.54, 1.807) is 60.7 Å². The molecule has 7 nitrogen and oxygen atoms in total. The van der Waals surface area contributed by atoms with E-state index in [-0.39, 0.29) is 30.4 Å². The highest BCUT2D eigenvalue weighted by Gasteiger charge is 2.50. The van der Waals surface area contributed by atoms with E-state index in [1.807, 2.05) is 0 Å². The topological polar surface area (TPSA) is 97.0 Å². The molecule has 1 heterocycles. The van der Waals surface area contributed by atoms with Crippen LogP contribution in [-0.4, -0.2) is 29.3 Å². The lowest BCUT2D eigenvalue weighted by Crippen LogP contribution is -2.43. The maximum Gasteiger partial charge on any atom is 0.417 e. The number of halogens is 5. The van der Waals surface area contributed by atoms with Crippen LogP contribution in [0.15, 0.2) is 108 Å². The van der Waals surface area contributed by atoms with Crippen LogP contribution >= 0.6 is 0 Å². The molecule has 0 aliphatic carbocycles. The van der Waals surface area contributed by atoms with Gasteiger partial charge in [-0.1, -0.05) is 78.9 Å². The van der Waals surface area contributed by atoms with Gasteiger partial charge in [0.15, 0.2) is 11.5 Å². The first-order valence-electron chi connectivity index (χ1n) is 13.3. The van der Waals surface area contributed by atoms with Gasteiger partial charge in [-0.3, -0.25) is 14.5 Å². The van der Waals surface area contributed by atoms with Gasteiger partial charge in [-0.25, -0.2) is 4.99 Å². The molecule has 4 aromatic carbocycles. The van der Waals surface area contributed by atoms with Gasteiger partial charge >= 0.3 is 12.8 Å². The van der Waals surface area contributed by atoms with Crippen molar-refractivity contribution in [3.05, 3.63) is 137 Å². The van der Waals surface area contributed by atoms with Gasteiger partial charge in [0.2, 0.25) is 0 Å². The molecule has 3 N–H and O–H groups in total. The Hall–Kier alpha value is -5.26. The second kappa shape index (κ2) is 12.2. The maximum atomic E-state index is 14.1. The van der Waals surface area contributed by atoms with Crippen molar-refractivity contribution in [1.82, 2.24) is 10.2 Å². The van der Waals surface area contributed by atoms with Crippen molar-refractivity contribution in [3.63, 3.8) is 0 Å². The SMILES string of the molecule is NC1=NC(c2ccccc2)(c2ccccc2)C(=O)N1Cc1ccc(C(F)(F)F)c(C(=O)NCc2ccc(OC(F)F)cc2)c1. The molecule has 1 aliphatic heterocycles. The quantitative estimate of drug-likeness (QED) is 0.234. The molecule has 44 heavy (non-hydrogen) atoms. The van der Waals surface area contributed by atoms with Gasteiger partial charge in [0, 0.05) is 6.54 Å². The number of rotatable bonds is 9. The van der Waals surface area contributed by atoms with Crippen LogP contribution in [0.25, 0.3) is 0 Å². The first-order chi connectivity index (χ1) is 21.0. The zero-order valence-electron chi connectivity index (χ0n) is 22.9. The minimum Gasteiger partial charge on any atom is -0.435 e. The Morgan fingerprint density at radius 3 is 2.00 bits per heavy atom. The summed E-state index contributed by atoms with van der Waals surface area (Å²) in [6.07, 6.45) is -4.85. The molecule has 0 radical (unpaired) electrons. The molecule has 0 bridgehead atoms. The Kier molecular flexibility index (Phi) is 8.34. The van der Waals surface area contributed by atoms with Crippen LogP contribution in [0.2, 0.25) is 0 Å². The Balaban J connectivity index is 1.41. The summed E-state index contributed by atoms with van der Waals surface area (Å²) in [6.45, 7) is -3.45. The lowest BCUT2D eigenvalue weighted by atomic mass is 9.83. The molecular weight excluding hydrogens is 583 g/mol. The van der Waals surface area contributed by atoms with E-state index >= 15 is 0 Å². The van der Waals surface area contributed by atoms with Crippen molar-refractivity contribution in [3.8, 4) is 5.75 Å². The number of alkyl halides is 5. The summed E-state index contributed by atoms with van der Waals surface area (Å²) in [7, 11) is 0. The van der Waals surface area contributed by atoms with Crippen molar-refractivity contribution >= 4 is 17.8 Å². The molecule has 12 heteroatoms. The Morgan fingerprint density at radius 1 is 0.886 bits per heavy atom. The van der Waals surface area contributed by atoms with Crippen LogP contribution in [0.3, 0.4) is 0 Å². The van der Waals surface area contributed by atoms with Crippen LogP contribution < -0.4 is 15.8 Å². The summed E-state index contributed by atoms with van der Waals surface area (Å²) in [5, 5.41) is 2.43. The van der Waals surface area contributed by atoms with Gasteiger partial charge in [0.1, 0.15) is 5.75 Å². The average molecular weight is 609 g/mol. The van der Waals surface area contributed by atoms with Crippen LogP contribution in [0.1, 0.15) is 38.2 Å². The summed E-state index contributed by atoms with van der Waals surface area (Å²) in [4.78, 5) is 32.8. The number of hydrogen-bond acceptors (Lipinski definition) is 5. The Bertz CT molecular complexity index is 1640. The monoisotopic (exact) mass is 608 g/mol. The van der Waals surface area contributed by atoms with Crippen LogP contribution in [-0.2, 0) is 29.6 Å². The van der Waals surface area contributed by atoms with Gasteiger partial charge < -0.3 is 15.8 Å². The van der Waals surface area contributed by atoms with Gasteiger partial charge in [-0.15, -0.1) is 0 Å². The molecule has 0 saturated heterocycles. The third-order valence-electron chi connectivity index (χ3n) is 7.07. The number of nitrogens with two attached hydrogens (primary N) is 1. The van der Waals surface area contributed by atoms with Crippen molar-refractivity contribution in [1.29, 1.82) is 0 Å². The first-order valence-corrected chi connectivity index (χ1v) is 13.3. The molecule has 0 unspecified atom stereocenters. The zero-order chi connectivity index (χ0) is 31.5. The molecule has 0 fully saturated rings. The Morgan fingerprint density at radius 2 is 1.45 bits per heavy atom. The third kappa shape index (κ3) is 6.10. The van der Waals surface area contributed by atoms with Crippen molar-refractivity contribution in [2.45, 2.75) is 31.4 Å². The normalized spacial score (nSPS) is 14.5. The first kappa shape index (κ1) is 30.2. The summed E-state index contributed by atoms with van der Waals surface area (Å²) >= 11 is 0. The number of ether oxygens (including phenoxy) is 1. The lowest BCUT2D eigenvalue weighted by Gasteiger charge is -2.27. The number of carbonyl (C=O) groups excluding carboxylic acids is 2. The molecular formula is C32H25F5N4O3. The van der Waals surface area contributed by atoms with E-state index < -0.39 is 41.3 Å². The molecule has 2 amide bonds. The van der Waals surface area contributed by atoms with Gasteiger partial charge in [-0.2, -0.15) is 22.0 Å². The third-order valence-corrected chi connectivity index (χ3v) is 7.07. The predicted octanol–water partition coefficient (Wildman–Crippen LogP) is 5.84. The summed E-state index contributed by atoms with van der Waals surface area (Å²) < 4.78 is 70.7. The largest absolute Gasteiger partial charge is 0.435 e. The predicted molar refractivity (Wildman–Crippen MR) is 152 cm³/mol. The van der Waals surface area contributed by atoms with E-state index in [1.165, 1.54) is 35.2 Å². The zero-order valence-corrected chi connectivity index (χ0v) is 22.9. The second-order valence-electron chi connectivity index (χ2n) is 9.89. The number of amides is 2. The smallest absolute Gasteiger partial charge is 0.417 e. The number of benzene rings is 4. The maximum absolute atomic E-state index is 14.1. The number of nitrogens with zero attached hydrogens (tertiary/aromatic N) is 2. The van der Waals surface area contributed by atoms with E-state index in [4.69, 9.17) is 5.73 Å². The fourth-order valence-corrected chi connectivity index (χ4v) is 5.01. The summed E-state index contributed by atoms with van der Waals surface area (Å²) in [5.74, 6) is -1.76. The molecule has 0 saturated carbocycles. The molecule has 0 atom stereocenters. The minimum absolute atomic E-state index is 0.107. The highest BCUT2D eigenvalue weighted by Crippen LogP contribution is 2.40. The molecule has 0 aromatic heterocycles. The summed E-state index contributed by atoms with van der Waals surface area (Å²) in [5.41, 5.74) is 4.69. The number of guanidine groups is 1. The van der Waals surface area contributed by atoms with Crippen LogP contribution in [0, 0.1) is 0 Å². The van der Waals surface area contributed by atoms with Crippen LogP contribution in [0.4, 0.5) is 22.0 Å². The minimum atomic E-state index is -4.85. The molecule has 226 valence electrons.